The van der Waals surface area contributed by atoms with E-state index in [4.69, 9.17) is 0 Å². The standard InChI is InChI=1S/C18H25N3O2.ClH/c1-21(15-7-9-19-10-8-15)18(23)4-2-3-13-5-6-16-14(11-13)12-17(22)20-16;/h5-6,11,15,19H,2-4,7-10,12H2,1H3,(H,20,22);1H. The second-order valence-corrected chi connectivity index (χ2v) is 6.56. The molecule has 24 heavy (non-hydrogen) atoms. The van der Waals surface area contributed by atoms with Crippen molar-refractivity contribution in [3.63, 3.8) is 0 Å². The third-order valence-corrected chi connectivity index (χ3v) is 4.90. The van der Waals surface area contributed by atoms with Crippen LogP contribution in [0, 0.1) is 0 Å². The fourth-order valence-corrected chi connectivity index (χ4v) is 3.46. The molecule has 0 unspecified atom stereocenters. The Morgan fingerprint density at radius 1 is 1.29 bits per heavy atom. The van der Waals surface area contributed by atoms with E-state index in [9.17, 15) is 9.59 Å². The van der Waals surface area contributed by atoms with Crippen LogP contribution in [0.1, 0.15) is 36.8 Å². The SMILES string of the molecule is CN(C(=O)CCCc1ccc2c(c1)CC(=O)N2)C1CCNCC1.Cl. The summed E-state index contributed by atoms with van der Waals surface area (Å²) in [6.45, 7) is 2.01. The first-order valence-corrected chi connectivity index (χ1v) is 8.51. The molecule has 2 amide bonds. The topological polar surface area (TPSA) is 61.4 Å². The van der Waals surface area contributed by atoms with Gasteiger partial charge in [0.05, 0.1) is 6.42 Å². The van der Waals surface area contributed by atoms with Crippen LogP contribution in [0.25, 0.3) is 0 Å². The van der Waals surface area contributed by atoms with E-state index in [1.807, 2.05) is 24.1 Å². The average molecular weight is 352 g/mol. The Kier molecular flexibility index (Phi) is 6.63. The number of piperidine rings is 1. The van der Waals surface area contributed by atoms with Gasteiger partial charge in [0.2, 0.25) is 11.8 Å². The van der Waals surface area contributed by atoms with Gasteiger partial charge in [-0.25, -0.2) is 0 Å². The molecule has 1 saturated heterocycles. The highest BCUT2D eigenvalue weighted by atomic mass is 35.5. The largest absolute Gasteiger partial charge is 0.343 e. The maximum absolute atomic E-state index is 12.3. The summed E-state index contributed by atoms with van der Waals surface area (Å²) in [7, 11) is 1.94. The predicted octanol–water partition coefficient (Wildman–Crippen LogP) is 2.14. The van der Waals surface area contributed by atoms with Crippen LogP contribution < -0.4 is 10.6 Å². The summed E-state index contributed by atoms with van der Waals surface area (Å²) in [5.74, 6) is 0.311. The van der Waals surface area contributed by atoms with Crippen molar-refractivity contribution in [2.24, 2.45) is 0 Å². The maximum Gasteiger partial charge on any atom is 0.228 e. The number of halogens is 1. The Labute approximate surface area is 149 Å². The molecule has 0 spiro atoms. The highest BCUT2D eigenvalue weighted by molar-refractivity contribution is 5.99. The zero-order chi connectivity index (χ0) is 16.2. The van der Waals surface area contributed by atoms with Crippen LogP contribution in [0.5, 0.6) is 0 Å². The number of hydrogen-bond donors (Lipinski definition) is 2. The van der Waals surface area contributed by atoms with Gasteiger partial charge in [0, 0.05) is 25.2 Å². The molecule has 2 aliphatic rings. The van der Waals surface area contributed by atoms with Crippen molar-refractivity contribution in [1.29, 1.82) is 0 Å². The summed E-state index contributed by atoms with van der Waals surface area (Å²) in [5.41, 5.74) is 3.21. The predicted molar refractivity (Wildman–Crippen MR) is 97.6 cm³/mol. The molecule has 2 N–H and O–H groups in total. The van der Waals surface area contributed by atoms with Gasteiger partial charge in [-0.2, -0.15) is 0 Å². The molecular formula is C18H26ClN3O2. The highest BCUT2D eigenvalue weighted by Crippen LogP contribution is 2.24. The van der Waals surface area contributed by atoms with E-state index < -0.39 is 0 Å². The summed E-state index contributed by atoms with van der Waals surface area (Å²) in [4.78, 5) is 25.6. The first kappa shape index (κ1) is 18.7. The summed E-state index contributed by atoms with van der Waals surface area (Å²) in [5, 5.41) is 6.18. The number of hydrogen-bond acceptors (Lipinski definition) is 3. The molecule has 2 heterocycles. The molecule has 0 bridgehead atoms. The van der Waals surface area contributed by atoms with E-state index in [1.54, 1.807) is 0 Å². The maximum atomic E-state index is 12.3. The Balaban J connectivity index is 0.00000208. The van der Waals surface area contributed by atoms with Gasteiger partial charge in [-0.3, -0.25) is 9.59 Å². The summed E-state index contributed by atoms with van der Waals surface area (Å²) in [6.07, 6.45) is 4.90. The molecule has 1 aromatic carbocycles. The van der Waals surface area contributed by atoms with Gasteiger partial charge in [0.1, 0.15) is 0 Å². The van der Waals surface area contributed by atoms with Crippen LogP contribution in [-0.2, 0) is 22.4 Å². The minimum absolute atomic E-state index is 0. The number of carbonyl (C=O) groups excluding carboxylic acids is 2. The number of benzene rings is 1. The zero-order valence-corrected chi connectivity index (χ0v) is 15.0. The van der Waals surface area contributed by atoms with E-state index in [1.165, 1.54) is 5.56 Å². The fraction of sp³-hybridized carbons (Fsp3) is 0.556. The molecule has 3 rings (SSSR count). The van der Waals surface area contributed by atoms with Gasteiger partial charge >= 0.3 is 0 Å². The lowest BCUT2D eigenvalue weighted by Gasteiger charge is -2.31. The van der Waals surface area contributed by atoms with Crippen molar-refractivity contribution in [3.05, 3.63) is 29.3 Å². The van der Waals surface area contributed by atoms with Gasteiger partial charge in [-0.15, -0.1) is 12.4 Å². The van der Waals surface area contributed by atoms with Gasteiger partial charge in [0.15, 0.2) is 0 Å². The molecule has 0 aromatic heterocycles. The van der Waals surface area contributed by atoms with Gasteiger partial charge < -0.3 is 15.5 Å². The average Bonchev–Trinajstić information content (AvgIpc) is 2.94. The minimum Gasteiger partial charge on any atom is -0.343 e. The van der Waals surface area contributed by atoms with Crippen LogP contribution >= 0.6 is 12.4 Å². The number of fused-ring (bicyclic) bond motifs is 1. The minimum atomic E-state index is 0. The Morgan fingerprint density at radius 3 is 2.79 bits per heavy atom. The van der Waals surface area contributed by atoms with Crippen molar-refractivity contribution in [3.8, 4) is 0 Å². The lowest BCUT2D eigenvalue weighted by molar-refractivity contribution is -0.132. The van der Waals surface area contributed by atoms with E-state index in [0.29, 0.717) is 18.9 Å². The normalized spacial score (nSPS) is 17.0. The quantitative estimate of drug-likeness (QED) is 0.854. The third-order valence-electron chi connectivity index (χ3n) is 4.90. The van der Waals surface area contributed by atoms with E-state index in [0.717, 1.165) is 50.0 Å². The fourth-order valence-electron chi connectivity index (χ4n) is 3.46. The molecule has 132 valence electrons. The number of amides is 2. The van der Waals surface area contributed by atoms with Crippen LogP contribution in [0.2, 0.25) is 0 Å². The number of rotatable bonds is 5. The van der Waals surface area contributed by atoms with Gasteiger partial charge in [-0.05, 0) is 56.0 Å². The first-order valence-electron chi connectivity index (χ1n) is 8.51. The summed E-state index contributed by atoms with van der Waals surface area (Å²) < 4.78 is 0. The van der Waals surface area contributed by atoms with Crippen LogP contribution in [-0.4, -0.2) is 42.9 Å². The molecule has 0 radical (unpaired) electrons. The Hall–Kier alpha value is -1.59. The van der Waals surface area contributed by atoms with E-state index in [2.05, 4.69) is 16.7 Å². The summed E-state index contributed by atoms with van der Waals surface area (Å²) in [6, 6.07) is 6.50. The second kappa shape index (κ2) is 8.49. The number of anilines is 1. The molecule has 1 fully saturated rings. The van der Waals surface area contributed by atoms with Crippen molar-refractivity contribution in [2.45, 2.75) is 44.6 Å². The van der Waals surface area contributed by atoms with Crippen LogP contribution in [0.4, 0.5) is 5.69 Å². The van der Waals surface area contributed by atoms with Crippen molar-refractivity contribution < 1.29 is 9.59 Å². The van der Waals surface area contributed by atoms with Crippen molar-refractivity contribution >= 4 is 29.9 Å². The number of nitrogens with zero attached hydrogens (tertiary/aromatic N) is 1. The summed E-state index contributed by atoms with van der Waals surface area (Å²) >= 11 is 0. The molecule has 2 aliphatic heterocycles. The molecule has 1 aromatic rings. The molecule has 0 aliphatic carbocycles. The van der Waals surface area contributed by atoms with Crippen molar-refractivity contribution in [1.82, 2.24) is 10.2 Å². The highest BCUT2D eigenvalue weighted by Gasteiger charge is 2.21. The lowest BCUT2D eigenvalue weighted by atomic mass is 10.0. The molecule has 6 heteroatoms. The number of aryl methyl sites for hydroxylation is 1. The number of carbonyl (C=O) groups is 2. The molecule has 0 saturated carbocycles. The monoisotopic (exact) mass is 351 g/mol. The van der Waals surface area contributed by atoms with Crippen LogP contribution in [0.3, 0.4) is 0 Å². The van der Waals surface area contributed by atoms with Crippen molar-refractivity contribution in [2.75, 3.05) is 25.5 Å². The smallest absolute Gasteiger partial charge is 0.228 e. The first-order chi connectivity index (χ1) is 11.1. The zero-order valence-electron chi connectivity index (χ0n) is 14.1. The van der Waals surface area contributed by atoms with Gasteiger partial charge in [-0.1, -0.05) is 12.1 Å². The second-order valence-electron chi connectivity index (χ2n) is 6.56. The lowest BCUT2D eigenvalue weighted by Crippen LogP contribution is -2.43. The molecule has 0 atom stereocenters. The van der Waals surface area contributed by atoms with Crippen LogP contribution in [0.15, 0.2) is 18.2 Å². The van der Waals surface area contributed by atoms with Gasteiger partial charge in [0.25, 0.3) is 0 Å². The Morgan fingerprint density at radius 2 is 2.04 bits per heavy atom. The molecular weight excluding hydrogens is 326 g/mol. The van der Waals surface area contributed by atoms with E-state index in [-0.39, 0.29) is 24.2 Å². The third kappa shape index (κ3) is 4.48. The Bertz CT molecular complexity index is 600. The number of nitrogens with one attached hydrogen (secondary N) is 2. The molecule has 5 nitrogen and oxygen atoms in total. The van der Waals surface area contributed by atoms with E-state index >= 15 is 0 Å².